The molecule has 19 heavy (non-hydrogen) atoms. The average molecular weight is 303 g/mol. The first-order valence-corrected chi connectivity index (χ1v) is 8.48. The Balaban J connectivity index is 2.37. The molecular formula is C12H17NO4S2. The van der Waals surface area contributed by atoms with Gasteiger partial charge in [0.15, 0.2) is 0 Å². The number of sulfonamides is 1. The summed E-state index contributed by atoms with van der Waals surface area (Å²) in [6.07, 6.45) is 1.63. The zero-order valence-corrected chi connectivity index (χ0v) is 12.5. The molecule has 2 atom stereocenters. The van der Waals surface area contributed by atoms with E-state index in [1.54, 1.807) is 0 Å². The van der Waals surface area contributed by atoms with Gasteiger partial charge in [-0.3, -0.25) is 0 Å². The maximum atomic E-state index is 12.6. The summed E-state index contributed by atoms with van der Waals surface area (Å²) in [7, 11) is -3.70. The van der Waals surface area contributed by atoms with E-state index in [9.17, 15) is 13.2 Å². The van der Waals surface area contributed by atoms with Crippen LogP contribution >= 0.6 is 11.3 Å². The van der Waals surface area contributed by atoms with Gasteiger partial charge in [-0.25, -0.2) is 13.2 Å². The first kappa shape index (κ1) is 14.5. The zero-order valence-electron chi connectivity index (χ0n) is 10.9. The number of nitrogens with zero attached hydrogens (tertiary/aromatic N) is 1. The van der Waals surface area contributed by atoms with Crippen LogP contribution in [-0.4, -0.2) is 36.4 Å². The van der Waals surface area contributed by atoms with Crippen molar-refractivity contribution in [3.05, 3.63) is 16.3 Å². The zero-order chi connectivity index (χ0) is 14.2. The smallest absolute Gasteiger partial charge is 0.347 e. The van der Waals surface area contributed by atoms with Crippen LogP contribution in [0.1, 0.15) is 36.4 Å². The van der Waals surface area contributed by atoms with Crippen LogP contribution in [0, 0.1) is 5.92 Å². The van der Waals surface area contributed by atoms with Crippen molar-refractivity contribution in [1.82, 2.24) is 4.31 Å². The highest BCUT2D eigenvalue weighted by Gasteiger charge is 2.35. The molecule has 2 heterocycles. The minimum absolute atomic E-state index is 0.0774. The van der Waals surface area contributed by atoms with Crippen LogP contribution in [0.2, 0.25) is 0 Å². The van der Waals surface area contributed by atoms with Crippen molar-refractivity contribution in [1.29, 1.82) is 0 Å². The number of carbonyl (C=O) groups is 1. The van der Waals surface area contributed by atoms with Crippen molar-refractivity contribution >= 4 is 27.3 Å². The van der Waals surface area contributed by atoms with E-state index in [1.807, 2.05) is 6.92 Å². The number of aromatic carboxylic acids is 1. The lowest BCUT2D eigenvalue weighted by Gasteiger charge is -2.35. The minimum atomic E-state index is -3.70. The van der Waals surface area contributed by atoms with Crippen molar-refractivity contribution in [3.63, 3.8) is 0 Å². The summed E-state index contributed by atoms with van der Waals surface area (Å²) >= 11 is 0.945. The van der Waals surface area contributed by atoms with Crippen LogP contribution in [-0.2, 0) is 10.0 Å². The Morgan fingerprint density at radius 2 is 2.16 bits per heavy atom. The van der Waals surface area contributed by atoms with Gasteiger partial charge in [0.25, 0.3) is 0 Å². The van der Waals surface area contributed by atoms with Gasteiger partial charge in [0.2, 0.25) is 10.0 Å². The molecule has 1 aliphatic rings. The van der Waals surface area contributed by atoms with Crippen molar-refractivity contribution in [3.8, 4) is 0 Å². The maximum absolute atomic E-state index is 12.6. The van der Waals surface area contributed by atoms with Gasteiger partial charge in [-0.2, -0.15) is 4.31 Å². The van der Waals surface area contributed by atoms with E-state index >= 15 is 0 Å². The quantitative estimate of drug-likeness (QED) is 0.929. The highest BCUT2D eigenvalue weighted by atomic mass is 32.2. The predicted molar refractivity (Wildman–Crippen MR) is 73.0 cm³/mol. The SMILES string of the molecule is CC1CCN(S(=O)(=O)c2ccsc2C(=O)O)C(C)C1. The van der Waals surface area contributed by atoms with E-state index in [1.165, 1.54) is 15.8 Å². The standard InChI is InChI=1S/C12H17NO4S2/c1-8-3-5-13(9(2)7-8)19(16,17)10-4-6-18-11(10)12(14)15/h4,6,8-9H,3,5,7H2,1-2H3,(H,14,15). The first-order valence-electron chi connectivity index (χ1n) is 6.16. The highest BCUT2D eigenvalue weighted by molar-refractivity contribution is 7.89. The van der Waals surface area contributed by atoms with Gasteiger partial charge in [0.05, 0.1) is 0 Å². The fourth-order valence-electron chi connectivity index (χ4n) is 2.53. The topological polar surface area (TPSA) is 74.7 Å². The van der Waals surface area contributed by atoms with Crippen molar-refractivity contribution in [2.24, 2.45) is 5.92 Å². The number of rotatable bonds is 3. The van der Waals surface area contributed by atoms with Gasteiger partial charge in [-0.05, 0) is 37.1 Å². The van der Waals surface area contributed by atoms with Gasteiger partial charge < -0.3 is 5.11 Å². The molecule has 0 radical (unpaired) electrons. The lowest BCUT2D eigenvalue weighted by Crippen LogP contribution is -2.44. The molecule has 106 valence electrons. The molecule has 1 fully saturated rings. The Hall–Kier alpha value is -0.920. The minimum Gasteiger partial charge on any atom is -0.477 e. The van der Waals surface area contributed by atoms with Crippen LogP contribution in [0.5, 0.6) is 0 Å². The van der Waals surface area contributed by atoms with E-state index in [2.05, 4.69) is 6.92 Å². The number of carboxylic acids is 1. The fraction of sp³-hybridized carbons (Fsp3) is 0.583. The average Bonchev–Trinajstić information content (AvgIpc) is 2.77. The van der Waals surface area contributed by atoms with Crippen LogP contribution in [0.25, 0.3) is 0 Å². The van der Waals surface area contributed by atoms with Crippen molar-refractivity contribution in [2.75, 3.05) is 6.54 Å². The summed E-state index contributed by atoms with van der Waals surface area (Å²) in [5.74, 6) is -0.686. The Morgan fingerprint density at radius 1 is 1.47 bits per heavy atom. The third kappa shape index (κ3) is 2.68. The van der Waals surface area contributed by atoms with E-state index in [-0.39, 0.29) is 15.8 Å². The second kappa shape index (κ2) is 5.22. The largest absolute Gasteiger partial charge is 0.477 e. The monoisotopic (exact) mass is 303 g/mol. The molecule has 1 saturated heterocycles. The number of thiophene rings is 1. The number of hydrogen-bond donors (Lipinski definition) is 1. The summed E-state index contributed by atoms with van der Waals surface area (Å²) in [6.45, 7) is 4.44. The molecule has 0 saturated carbocycles. The third-order valence-corrected chi connectivity index (χ3v) is 6.57. The lowest BCUT2D eigenvalue weighted by molar-refractivity contribution is 0.0698. The summed E-state index contributed by atoms with van der Waals surface area (Å²) < 4.78 is 26.6. The van der Waals surface area contributed by atoms with Crippen LogP contribution in [0.3, 0.4) is 0 Å². The fourth-order valence-corrected chi connectivity index (χ4v) is 5.42. The first-order chi connectivity index (χ1) is 8.84. The van der Waals surface area contributed by atoms with Gasteiger partial charge in [-0.1, -0.05) is 6.92 Å². The molecule has 0 amide bonds. The molecule has 0 aliphatic carbocycles. The molecule has 1 N–H and O–H groups in total. The molecule has 2 unspecified atom stereocenters. The van der Waals surface area contributed by atoms with E-state index in [4.69, 9.17) is 5.11 Å². The molecule has 0 spiro atoms. The van der Waals surface area contributed by atoms with Gasteiger partial charge in [0.1, 0.15) is 9.77 Å². The normalized spacial score (nSPS) is 25.4. The molecule has 5 nitrogen and oxygen atoms in total. The van der Waals surface area contributed by atoms with Crippen LogP contribution in [0.4, 0.5) is 0 Å². The van der Waals surface area contributed by atoms with E-state index < -0.39 is 16.0 Å². The summed E-state index contributed by atoms with van der Waals surface area (Å²) in [5, 5.41) is 10.6. The molecule has 0 bridgehead atoms. The van der Waals surface area contributed by atoms with Crippen LogP contribution < -0.4 is 0 Å². The molecule has 1 aliphatic heterocycles. The van der Waals surface area contributed by atoms with Gasteiger partial charge >= 0.3 is 5.97 Å². The summed E-state index contributed by atoms with van der Waals surface area (Å²) in [6, 6.07) is 1.30. The van der Waals surface area contributed by atoms with Gasteiger partial charge in [0, 0.05) is 12.6 Å². The van der Waals surface area contributed by atoms with E-state index in [0.29, 0.717) is 12.5 Å². The van der Waals surface area contributed by atoms with Gasteiger partial charge in [-0.15, -0.1) is 11.3 Å². The third-order valence-electron chi connectivity index (χ3n) is 3.49. The second-order valence-corrected chi connectivity index (χ2v) is 7.79. The summed E-state index contributed by atoms with van der Waals surface area (Å²) in [5.41, 5.74) is 0. The maximum Gasteiger partial charge on any atom is 0.347 e. The number of carboxylic acid groups (broad SMARTS) is 1. The predicted octanol–water partition coefficient (Wildman–Crippen LogP) is 2.26. The lowest BCUT2D eigenvalue weighted by atomic mass is 9.95. The van der Waals surface area contributed by atoms with Crippen molar-refractivity contribution < 1.29 is 18.3 Å². The molecular weight excluding hydrogens is 286 g/mol. The molecule has 0 aromatic carbocycles. The van der Waals surface area contributed by atoms with Crippen molar-refractivity contribution in [2.45, 2.75) is 37.6 Å². The molecule has 7 heteroatoms. The molecule has 2 rings (SSSR count). The number of piperidine rings is 1. The van der Waals surface area contributed by atoms with Crippen LogP contribution in [0.15, 0.2) is 16.3 Å². The Morgan fingerprint density at radius 3 is 2.74 bits per heavy atom. The summed E-state index contributed by atoms with van der Waals surface area (Å²) in [4.78, 5) is 10.9. The van der Waals surface area contributed by atoms with E-state index in [0.717, 1.165) is 24.2 Å². The highest BCUT2D eigenvalue weighted by Crippen LogP contribution is 2.31. The molecule has 1 aromatic rings. The second-order valence-electron chi connectivity index (χ2n) is 5.01. The molecule has 1 aromatic heterocycles. The Kier molecular flexibility index (Phi) is 3.98. The Labute approximate surface area is 116 Å². The Bertz CT molecular complexity index is 578. The number of hydrogen-bond acceptors (Lipinski definition) is 4.